The summed E-state index contributed by atoms with van der Waals surface area (Å²) in [5.74, 6) is 1.17. The Morgan fingerprint density at radius 3 is 2.82 bits per heavy atom. The van der Waals surface area contributed by atoms with Crippen LogP contribution in [0.1, 0.15) is 35.2 Å². The topological polar surface area (TPSA) is 86.7 Å². The lowest BCUT2D eigenvalue weighted by Gasteiger charge is -2.57. The molecule has 6 aliphatic rings. The van der Waals surface area contributed by atoms with Crippen molar-refractivity contribution in [2.45, 2.75) is 56.0 Å². The van der Waals surface area contributed by atoms with Crippen LogP contribution in [0.15, 0.2) is 0 Å². The molecule has 5 saturated heterocycles. The second kappa shape index (κ2) is 5.12. The Balaban J connectivity index is 1.54. The van der Waals surface area contributed by atoms with Gasteiger partial charge < -0.3 is 29.7 Å². The number of piperazine rings is 1. The number of nitrogens with zero attached hydrogens (tertiary/aromatic N) is 2. The largest absolute Gasteiger partial charge is 0.507 e. The van der Waals surface area contributed by atoms with Crippen LogP contribution in [0, 0.1) is 12.8 Å². The first-order chi connectivity index (χ1) is 13.6. The maximum absolute atomic E-state index is 11.3. The second-order valence-electron chi connectivity index (χ2n) is 9.00. The maximum Gasteiger partial charge on any atom is 0.167 e. The predicted molar refractivity (Wildman–Crippen MR) is 97.2 cm³/mol. The van der Waals surface area contributed by atoms with E-state index in [1.807, 2.05) is 6.92 Å². The highest BCUT2D eigenvalue weighted by Crippen LogP contribution is 2.62. The average Bonchev–Trinajstić information content (AvgIpc) is 3.40. The SMILES string of the molecule is COc1c(C)c(O)c2c(c1O)[C@H]1CO[C@@H]3[C@@H]4CC5[C@@H](N4)[C@H]([C@@H]2N2CCO[C@H]52)N13. The molecule has 1 aromatic rings. The van der Waals surface area contributed by atoms with E-state index in [4.69, 9.17) is 14.2 Å². The van der Waals surface area contributed by atoms with Gasteiger partial charge in [-0.25, -0.2) is 0 Å². The van der Waals surface area contributed by atoms with Crippen molar-refractivity contribution in [3.63, 3.8) is 0 Å². The normalized spacial score (nSPS) is 45.2. The van der Waals surface area contributed by atoms with Gasteiger partial charge in [0.05, 0.1) is 32.4 Å². The number of benzene rings is 1. The average molecular weight is 387 g/mol. The van der Waals surface area contributed by atoms with E-state index < -0.39 is 0 Å². The Kier molecular flexibility index (Phi) is 2.97. The zero-order chi connectivity index (χ0) is 18.9. The molecule has 3 N–H and O–H groups in total. The third kappa shape index (κ3) is 1.60. The number of rotatable bonds is 1. The van der Waals surface area contributed by atoms with Gasteiger partial charge in [-0.1, -0.05) is 0 Å². The van der Waals surface area contributed by atoms with Crippen LogP contribution in [0.2, 0.25) is 0 Å². The second-order valence-corrected chi connectivity index (χ2v) is 9.00. The molecule has 0 radical (unpaired) electrons. The monoisotopic (exact) mass is 387 g/mol. The molecule has 0 aromatic heterocycles. The molecule has 0 aliphatic carbocycles. The molecule has 7 rings (SSSR count). The molecule has 0 amide bonds. The van der Waals surface area contributed by atoms with Crippen LogP contribution < -0.4 is 10.1 Å². The molecule has 5 fully saturated rings. The van der Waals surface area contributed by atoms with Crippen molar-refractivity contribution in [1.82, 2.24) is 15.1 Å². The van der Waals surface area contributed by atoms with E-state index in [-0.39, 0.29) is 48.1 Å². The number of nitrogens with one attached hydrogen (secondary N) is 1. The van der Waals surface area contributed by atoms with E-state index >= 15 is 0 Å². The number of phenols is 2. The van der Waals surface area contributed by atoms with E-state index in [0.717, 1.165) is 24.1 Å². The maximum atomic E-state index is 11.3. The van der Waals surface area contributed by atoms with Crippen LogP contribution in [0.4, 0.5) is 0 Å². The van der Waals surface area contributed by atoms with Gasteiger partial charge in [-0.05, 0) is 13.3 Å². The summed E-state index contributed by atoms with van der Waals surface area (Å²) in [6, 6.07) is 0.696. The molecule has 0 saturated carbocycles. The summed E-state index contributed by atoms with van der Waals surface area (Å²) in [4.78, 5) is 4.89. The molecule has 8 atom stereocenters. The van der Waals surface area contributed by atoms with Crippen LogP contribution >= 0.6 is 0 Å². The number of piperidine rings is 1. The lowest BCUT2D eigenvalue weighted by molar-refractivity contribution is -0.132. The number of ether oxygens (including phenoxy) is 3. The Morgan fingerprint density at radius 2 is 2.00 bits per heavy atom. The van der Waals surface area contributed by atoms with Crippen molar-refractivity contribution >= 4 is 0 Å². The lowest BCUT2D eigenvalue weighted by Crippen LogP contribution is -2.71. The van der Waals surface area contributed by atoms with Gasteiger partial charge in [0.15, 0.2) is 11.5 Å². The smallest absolute Gasteiger partial charge is 0.167 e. The molecule has 0 spiro atoms. The van der Waals surface area contributed by atoms with Crippen LogP contribution in [-0.2, 0) is 9.47 Å². The third-order valence-electron chi connectivity index (χ3n) is 8.09. The lowest BCUT2D eigenvalue weighted by atomic mass is 9.73. The number of hydrogen-bond donors (Lipinski definition) is 3. The standard InChI is InChI=1S/C20H25N3O5/c1-7-16(24)12-11(17(25)18(7)26-2)10-6-28-20-9-5-8-13(21-9)15(23(10)20)14(12)22-3-4-27-19(8)22/h8-10,13-15,19-21,24-25H,3-6H2,1-2H3/t8?,9-,10+,13+,14+,15+,19+,20+/m0/s1. The van der Waals surface area contributed by atoms with Crippen molar-refractivity contribution in [3.8, 4) is 17.2 Å². The van der Waals surface area contributed by atoms with Crippen LogP contribution in [-0.4, -0.2) is 77.5 Å². The number of hydrogen-bond acceptors (Lipinski definition) is 8. The molecule has 1 unspecified atom stereocenters. The van der Waals surface area contributed by atoms with Gasteiger partial charge in [-0.15, -0.1) is 0 Å². The van der Waals surface area contributed by atoms with E-state index in [2.05, 4.69) is 15.1 Å². The number of fused-ring (bicyclic) bond motifs is 8. The van der Waals surface area contributed by atoms with Gasteiger partial charge in [0, 0.05) is 47.3 Å². The first kappa shape index (κ1) is 16.2. The molecule has 8 nitrogen and oxygen atoms in total. The highest BCUT2D eigenvalue weighted by Gasteiger charge is 2.67. The molecule has 28 heavy (non-hydrogen) atoms. The fourth-order valence-corrected chi connectivity index (χ4v) is 7.19. The van der Waals surface area contributed by atoms with Gasteiger partial charge in [-0.3, -0.25) is 9.80 Å². The van der Waals surface area contributed by atoms with Crippen LogP contribution in [0.3, 0.4) is 0 Å². The summed E-state index contributed by atoms with van der Waals surface area (Å²) in [5.41, 5.74) is 2.20. The first-order valence-electron chi connectivity index (χ1n) is 10.3. The summed E-state index contributed by atoms with van der Waals surface area (Å²) in [7, 11) is 1.54. The van der Waals surface area contributed by atoms with E-state index in [9.17, 15) is 10.2 Å². The fourth-order valence-electron chi connectivity index (χ4n) is 7.19. The van der Waals surface area contributed by atoms with Crippen LogP contribution in [0.5, 0.6) is 17.2 Å². The molecule has 6 aliphatic heterocycles. The molecule has 8 heteroatoms. The summed E-state index contributed by atoms with van der Waals surface area (Å²) in [5, 5.41) is 26.3. The zero-order valence-electron chi connectivity index (χ0n) is 16.0. The zero-order valence-corrected chi connectivity index (χ0v) is 16.0. The predicted octanol–water partition coefficient (Wildman–Crippen LogP) is 0.570. The minimum atomic E-state index is -0.0624. The Labute approximate surface area is 163 Å². The number of methoxy groups -OCH3 is 1. The molecule has 6 heterocycles. The highest BCUT2D eigenvalue weighted by atomic mass is 16.5. The quantitative estimate of drug-likeness (QED) is 0.603. The first-order valence-corrected chi connectivity index (χ1v) is 10.3. The van der Waals surface area contributed by atoms with Crippen molar-refractivity contribution in [2.24, 2.45) is 5.92 Å². The molecular formula is C20H25N3O5. The van der Waals surface area contributed by atoms with E-state index in [1.165, 1.54) is 7.11 Å². The van der Waals surface area contributed by atoms with Crippen molar-refractivity contribution < 1.29 is 24.4 Å². The van der Waals surface area contributed by atoms with Gasteiger partial charge in [0.2, 0.25) is 0 Å². The fraction of sp³-hybridized carbons (Fsp3) is 0.700. The molecule has 2 bridgehead atoms. The van der Waals surface area contributed by atoms with Gasteiger partial charge >= 0.3 is 0 Å². The Hall–Kier alpha value is -1.58. The van der Waals surface area contributed by atoms with Crippen molar-refractivity contribution in [3.05, 3.63) is 16.7 Å². The molecule has 1 aromatic carbocycles. The van der Waals surface area contributed by atoms with Crippen LogP contribution in [0.25, 0.3) is 0 Å². The minimum absolute atomic E-state index is 0.000711. The summed E-state index contributed by atoms with van der Waals surface area (Å²) >= 11 is 0. The number of aromatic hydroxyl groups is 2. The minimum Gasteiger partial charge on any atom is -0.507 e. The summed E-state index contributed by atoms with van der Waals surface area (Å²) in [6.07, 6.45) is 1.09. The molecule has 150 valence electrons. The van der Waals surface area contributed by atoms with Gasteiger partial charge in [0.1, 0.15) is 18.2 Å². The summed E-state index contributed by atoms with van der Waals surface area (Å²) < 4.78 is 17.9. The third-order valence-corrected chi connectivity index (χ3v) is 8.09. The highest BCUT2D eigenvalue weighted by molar-refractivity contribution is 5.65. The van der Waals surface area contributed by atoms with E-state index in [1.54, 1.807) is 0 Å². The van der Waals surface area contributed by atoms with Crippen molar-refractivity contribution in [1.29, 1.82) is 0 Å². The summed E-state index contributed by atoms with van der Waals surface area (Å²) in [6.45, 7) is 3.88. The van der Waals surface area contributed by atoms with E-state index in [0.29, 0.717) is 36.5 Å². The molecular weight excluding hydrogens is 362 g/mol. The van der Waals surface area contributed by atoms with Gasteiger partial charge in [-0.2, -0.15) is 0 Å². The van der Waals surface area contributed by atoms with Gasteiger partial charge in [0.25, 0.3) is 0 Å². The Morgan fingerprint density at radius 1 is 1.14 bits per heavy atom. The van der Waals surface area contributed by atoms with Crippen molar-refractivity contribution in [2.75, 3.05) is 26.9 Å². The Bertz CT molecular complexity index is 893. The number of phenolic OH excluding ortho intramolecular Hbond substituents is 2.